The lowest BCUT2D eigenvalue weighted by molar-refractivity contribution is 0.161. The predicted molar refractivity (Wildman–Crippen MR) is 140 cm³/mol. The summed E-state index contributed by atoms with van der Waals surface area (Å²) >= 11 is 6.70. The number of hydrogen-bond donors (Lipinski definition) is 1. The van der Waals surface area contributed by atoms with Crippen molar-refractivity contribution in [3.05, 3.63) is 106 Å². The summed E-state index contributed by atoms with van der Waals surface area (Å²) in [6.45, 7) is 24.1. The van der Waals surface area contributed by atoms with Crippen LogP contribution in [0.5, 0.6) is 5.75 Å². The molecule has 0 fully saturated rings. The second-order valence-electron chi connectivity index (χ2n) is 9.08. The maximum Gasteiger partial charge on any atom is 0.123 e. The van der Waals surface area contributed by atoms with Gasteiger partial charge >= 0.3 is 0 Å². The molecule has 0 aliphatic carbocycles. The summed E-state index contributed by atoms with van der Waals surface area (Å²) in [4.78, 5) is 0. The molecule has 2 nitrogen and oxygen atoms in total. The van der Waals surface area contributed by atoms with Gasteiger partial charge in [-0.15, -0.1) is 0 Å². The maximum atomic E-state index is 6.70. The van der Waals surface area contributed by atoms with Crippen LogP contribution in [-0.4, -0.2) is 5.60 Å². The Morgan fingerprint density at radius 3 is 2.22 bits per heavy atom. The molecule has 2 aromatic rings. The molecular weight excluding hydrogens is 414 g/mol. The van der Waals surface area contributed by atoms with Gasteiger partial charge in [0.05, 0.1) is 0 Å². The number of nitrogens with two attached hydrogens (primary N) is 1. The molecule has 0 bridgehead atoms. The average molecular weight is 450 g/mol. The highest BCUT2D eigenvalue weighted by molar-refractivity contribution is 6.31. The average Bonchev–Trinajstić information content (AvgIpc) is 2.71. The molecule has 0 radical (unpaired) electrons. The lowest BCUT2D eigenvalue weighted by atomic mass is 9.86. The number of aryl methyl sites for hydroxylation is 3. The van der Waals surface area contributed by atoms with Crippen LogP contribution >= 0.6 is 11.6 Å². The Balaban J connectivity index is 2.43. The minimum Gasteiger partial charge on any atom is -0.484 e. The molecule has 0 saturated carbocycles. The van der Waals surface area contributed by atoms with Gasteiger partial charge in [0.1, 0.15) is 11.4 Å². The van der Waals surface area contributed by atoms with Crippen LogP contribution < -0.4 is 10.5 Å². The van der Waals surface area contributed by atoms with Crippen LogP contribution in [0.2, 0.25) is 5.02 Å². The van der Waals surface area contributed by atoms with Crippen molar-refractivity contribution >= 4 is 17.2 Å². The van der Waals surface area contributed by atoms with E-state index in [9.17, 15) is 0 Å². The minimum atomic E-state index is -0.412. The lowest BCUT2D eigenvalue weighted by Gasteiger charge is -2.24. The molecule has 170 valence electrons. The second-order valence-corrected chi connectivity index (χ2v) is 9.48. The van der Waals surface area contributed by atoms with Crippen LogP contribution in [0, 0.1) is 13.8 Å². The van der Waals surface area contributed by atoms with E-state index in [1.807, 2.05) is 52.0 Å². The molecule has 3 heteroatoms. The van der Waals surface area contributed by atoms with Crippen LogP contribution in [0.1, 0.15) is 55.5 Å². The third-order valence-corrected chi connectivity index (χ3v) is 5.99. The number of ether oxygens (including phenoxy) is 1. The fourth-order valence-electron chi connectivity index (χ4n) is 3.70. The molecule has 0 atom stereocenters. The molecule has 2 N–H and O–H groups in total. The number of hydrogen-bond acceptors (Lipinski definition) is 2. The zero-order valence-corrected chi connectivity index (χ0v) is 21.1. The fourth-order valence-corrected chi connectivity index (χ4v) is 3.95. The zero-order chi connectivity index (χ0) is 24.2. The van der Waals surface area contributed by atoms with Gasteiger partial charge in [-0.1, -0.05) is 49.5 Å². The second kappa shape index (κ2) is 10.3. The quantitative estimate of drug-likeness (QED) is 0.311. The van der Waals surface area contributed by atoms with Crippen LogP contribution in [-0.2, 0) is 12.8 Å². The Hall–Kier alpha value is -2.71. The topological polar surface area (TPSA) is 35.2 Å². The Labute approximate surface area is 199 Å². The smallest absolute Gasteiger partial charge is 0.123 e. The Morgan fingerprint density at radius 2 is 1.69 bits per heavy atom. The number of benzene rings is 2. The highest BCUT2D eigenvalue weighted by Crippen LogP contribution is 2.36. The Bertz CT molecular complexity index is 1090. The molecular formula is C29H36ClNO. The van der Waals surface area contributed by atoms with Crippen molar-refractivity contribution < 1.29 is 4.74 Å². The van der Waals surface area contributed by atoms with Gasteiger partial charge in [0.15, 0.2) is 0 Å². The minimum absolute atomic E-state index is 0.412. The third kappa shape index (κ3) is 5.95. The van der Waals surface area contributed by atoms with Crippen molar-refractivity contribution in [1.82, 2.24) is 0 Å². The van der Waals surface area contributed by atoms with Crippen LogP contribution in [0.15, 0.2) is 73.0 Å². The number of allylic oxidation sites excluding steroid dienone is 3. The lowest BCUT2D eigenvalue weighted by Crippen LogP contribution is -2.25. The Kier molecular flexibility index (Phi) is 8.20. The predicted octanol–water partition coefficient (Wildman–Crippen LogP) is 7.91. The van der Waals surface area contributed by atoms with Crippen LogP contribution in [0.4, 0.5) is 0 Å². The first-order valence-electron chi connectivity index (χ1n) is 10.9. The van der Waals surface area contributed by atoms with Crippen molar-refractivity contribution in [1.29, 1.82) is 0 Å². The summed E-state index contributed by atoms with van der Waals surface area (Å²) < 4.78 is 6.08. The van der Waals surface area contributed by atoms with Gasteiger partial charge in [0, 0.05) is 16.3 Å². The number of halogens is 1. The molecule has 32 heavy (non-hydrogen) atoms. The standard InChI is InChI=1S/C29H36ClNO/c1-10-29(8,9)32-25-16-13-22(17-21(25)7)12-14-23-24(30)15-11-20(6)27(23)26(18(2)3)28(31)19(4)5/h10-11,13,15-17H,1-2,4,12,14,31H2,3,5-9H3/b28-26-. The molecule has 0 spiro atoms. The summed E-state index contributed by atoms with van der Waals surface area (Å²) in [5.41, 5.74) is 14.9. The van der Waals surface area contributed by atoms with Gasteiger partial charge < -0.3 is 10.5 Å². The fraction of sp³-hybridized carbons (Fsp3) is 0.310. The molecule has 0 aliphatic heterocycles. The van der Waals surface area contributed by atoms with Gasteiger partial charge in [0.25, 0.3) is 0 Å². The van der Waals surface area contributed by atoms with Crippen molar-refractivity contribution in [3.63, 3.8) is 0 Å². The molecule has 0 heterocycles. The molecule has 0 saturated heterocycles. The van der Waals surface area contributed by atoms with E-state index < -0.39 is 5.60 Å². The highest BCUT2D eigenvalue weighted by Gasteiger charge is 2.19. The zero-order valence-electron chi connectivity index (χ0n) is 20.4. The normalized spacial score (nSPS) is 12.2. The van der Waals surface area contributed by atoms with Crippen molar-refractivity contribution in [2.75, 3.05) is 0 Å². The van der Waals surface area contributed by atoms with Crippen molar-refractivity contribution in [3.8, 4) is 5.75 Å². The third-order valence-electron chi connectivity index (χ3n) is 5.64. The molecule has 0 amide bonds. The SMILES string of the molecule is C=CC(C)(C)Oc1ccc(CCc2c(Cl)ccc(C)c2/C(C(=C)C)=C(\N)C(=C)C)cc1C. The Morgan fingerprint density at radius 1 is 1.03 bits per heavy atom. The summed E-state index contributed by atoms with van der Waals surface area (Å²) in [5, 5.41) is 0.739. The molecule has 2 rings (SSSR count). The van der Waals surface area contributed by atoms with Gasteiger partial charge in [-0.05, 0) is 112 Å². The van der Waals surface area contributed by atoms with Gasteiger partial charge in [-0.2, -0.15) is 0 Å². The number of rotatable bonds is 9. The summed E-state index contributed by atoms with van der Waals surface area (Å²) in [6, 6.07) is 10.3. The van der Waals surface area contributed by atoms with E-state index >= 15 is 0 Å². The maximum absolute atomic E-state index is 6.70. The van der Waals surface area contributed by atoms with E-state index in [0.717, 1.165) is 62.6 Å². The van der Waals surface area contributed by atoms with Gasteiger partial charge in [0.2, 0.25) is 0 Å². The van der Waals surface area contributed by atoms with Crippen molar-refractivity contribution in [2.24, 2.45) is 5.73 Å². The van der Waals surface area contributed by atoms with Crippen molar-refractivity contribution in [2.45, 2.75) is 60.0 Å². The van der Waals surface area contributed by atoms with E-state index in [0.29, 0.717) is 5.70 Å². The van der Waals surface area contributed by atoms with E-state index in [4.69, 9.17) is 22.1 Å². The summed E-state index contributed by atoms with van der Waals surface area (Å²) in [5.74, 6) is 0.870. The van der Waals surface area contributed by atoms with E-state index in [1.165, 1.54) is 5.56 Å². The summed E-state index contributed by atoms with van der Waals surface area (Å²) in [7, 11) is 0. The van der Waals surface area contributed by atoms with E-state index in [2.05, 4.69) is 45.7 Å². The van der Waals surface area contributed by atoms with Gasteiger partial charge in [-0.3, -0.25) is 0 Å². The molecule has 0 unspecified atom stereocenters. The summed E-state index contributed by atoms with van der Waals surface area (Å²) in [6.07, 6.45) is 3.44. The first-order chi connectivity index (χ1) is 14.9. The van der Waals surface area contributed by atoms with E-state index in [-0.39, 0.29) is 0 Å². The van der Waals surface area contributed by atoms with Crippen LogP contribution in [0.25, 0.3) is 5.57 Å². The first-order valence-corrected chi connectivity index (χ1v) is 11.3. The molecule has 0 aromatic heterocycles. The monoisotopic (exact) mass is 449 g/mol. The molecule has 0 aliphatic rings. The largest absolute Gasteiger partial charge is 0.484 e. The first kappa shape index (κ1) is 25.5. The molecule has 2 aromatic carbocycles. The van der Waals surface area contributed by atoms with Gasteiger partial charge in [-0.25, -0.2) is 0 Å². The van der Waals surface area contributed by atoms with Crippen LogP contribution in [0.3, 0.4) is 0 Å². The van der Waals surface area contributed by atoms with E-state index in [1.54, 1.807) is 0 Å². The highest BCUT2D eigenvalue weighted by atomic mass is 35.5.